The Morgan fingerprint density at radius 2 is 1.66 bits per heavy atom. The summed E-state index contributed by atoms with van der Waals surface area (Å²) < 4.78 is 83.8. The molecule has 0 N–H and O–H groups in total. The number of ether oxygens (including phenoxy) is 1. The fourth-order valence-corrected chi connectivity index (χ4v) is 3.39. The van der Waals surface area contributed by atoms with E-state index in [0.29, 0.717) is 5.69 Å². The predicted molar refractivity (Wildman–Crippen MR) is 93.5 cm³/mol. The maximum absolute atomic E-state index is 13.1. The second-order valence-corrected chi connectivity index (χ2v) is 6.73. The summed E-state index contributed by atoms with van der Waals surface area (Å²) in [4.78, 5) is 1.51. The van der Waals surface area contributed by atoms with Gasteiger partial charge >= 0.3 is 12.4 Å². The van der Waals surface area contributed by atoms with E-state index in [1.54, 1.807) is 0 Å². The molecule has 0 aromatic heterocycles. The van der Waals surface area contributed by atoms with Crippen molar-refractivity contribution in [3.05, 3.63) is 54.1 Å². The molecule has 0 bridgehead atoms. The molecule has 0 aliphatic carbocycles. The molecule has 1 aliphatic heterocycles. The van der Waals surface area contributed by atoms with Gasteiger partial charge in [0.15, 0.2) is 0 Å². The van der Waals surface area contributed by atoms with Crippen molar-refractivity contribution in [2.24, 2.45) is 5.92 Å². The highest BCUT2D eigenvalue weighted by atomic mass is 19.4. The second-order valence-electron chi connectivity index (χ2n) is 6.73. The summed E-state index contributed by atoms with van der Waals surface area (Å²) in [6.07, 6.45) is -9.16. The Morgan fingerprint density at radius 3 is 2.24 bits per heavy atom. The lowest BCUT2D eigenvalue weighted by molar-refractivity contribution is -0.168. The standard InChI is InChI=1S/C20H16F6N2O/c21-19(22,23)13-11-15(9-10-27)28(12-13)14-5-7-16(8-6-14)29-18-4-2-1-3-17(18)20(24,25)26/h1-8,13,15H,9,11-12H2. The first kappa shape index (κ1) is 20.8. The van der Waals surface area contributed by atoms with Gasteiger partial charge in [0.2, 0.25) is 0 Å². The van der Waals surface area contributed by atoms with Gasteiger partial charge in [-0.05, 0) is 42.8 Å². The molecule has 0 radical (unpaired) electrons. The van der Waals surface area contributed by atoms with Gasteiger partial charge in [-0.3, -0.25) is 0 Å². The van der Waals surface area contributed by atoms with E-state index in [4.69, 9.17) is 10.00 Å². The SMILES string of the molecule is N#CCC1CC(C(F)(F)F)CN1c1ccc(Oc2ccccc2C(F)(F)F)cc1. The molecule has 0 amide bonds. The van der Waals surface area contributed by atoms with Crippen molar-refractivity contribution in [3.8, 4) is 17.6 Å². The van der Waals surface area contributed by atoms with Gasteiger partial charge in [-0.15, -0.1) is 0 Å². The van der Waals surface area contributed by atoms with Gasteiger partial charge in [0, 0.05) is 18.3 Å². The molecule has 154 valence electrons. The summed E-state index contributed by atoms with van der Waals surface area (Å²) in [5, 5.41) is 8.91. The summed E-state index contributed by atoms with van der Waals surface area (Å²) in [7, 11) is 0. The van der Waals surface area contributed by atoms with Crippen LogP contribution < -0.4 is 9.64 Å². The van der Waals surface area contributed by atoms with Crippen molar-refractivity contribution in [1.29, 1.82) is 5.26 Å². The van der Waals surface area contributed by atoms with Crippen LogP contribution in [0.3, 0.4) is 0 Å². The number of anilines is 1. The monoisotopic (exact) mass is 414 g/mol. The molecule has 2 unspecified atom stereocenters. The van der Waals surface area contributed by atoms with E-state index in [0.717, 1.165) is 6.07 Å². The van der Waals surface area contributed by atoms with Crippen molar-refractivity contribution in [3.63, 3.8) is 0 Å². The zero-order valence-electron chi connectivity index (χ0n) is 15.0. The van der Waals surface area contributed by atoms with Crippen LogP contribution in [0.1, 0.15) is 18.4 Å². The van der Waals surface area contributed by atoms with Gasteiger partial charge in [0.1, 0.15) is 11.5 Å². The number of nitrogens with zero attached hydrogens (tertiary/aromatic N) is 2. The molecule has 3 nitrogen and oxygen atoms in total. The van der Waals surface area contributed by atoms with Crippen LogP contribution in [-0.2, 0) is 6.18 Å². The minimum Gasteiger partial charge on any atom is -0.457 e. The summed E-state index contributed by atoms with van der Waals surface area (Å²) in [6, 6.07) is 11.8. The summed E-state index contributed by atoms with van der Waals surface area (Å²) in [5.74, 6) is -1.78. The lowest BCUT2D eigenvalue weighted by Gasteiger charge is -2.25. The largest absolute Gasteiger partial charge is 0.457 e. The lowest BCUT2D eigenvalue weighted by atomic mass is 10.0. The summed E-state index contributed by atoms with van der Waals surface area (Å²) in [5.41, 5.74) is -0.473. The van der Waals surface area contributed by atoms with Gasteiger partial charge in [-0.25, -0.2) is 0 Å². The van der Waals surface area contributed by atoms with Gasteiger partial charge in [0.25, 0.3) is 0 Å². The molecule has 3 rings (SSSR count). The number of halogens is 6. The molecule has 0 spiro atoms. The quantitative estimate of drug-likeness (QED) is 0.562. The highest BCUT2D eigenvalue weighted by Crippen LogP contribution is 2.41. The van der Waals surface area contributed by atoms with Crippen molar-refractivity contribution in [2.75, 3.05) is 11.4 Å². The Bertz CT molecular complexity index is 886. The Hall–Kier alpha value is -2.89. The minimum absolute atomic E-state index is 0.0518. The Labute approximate surface area is 163 Å². The molecule has 9 heteroatoms. The average Bonchev–Trinajstić information content (AvgIpc) is 3.07. The number of rotatable bonds is 4. The van der Waals surface area contributed by atoms with Crippen LogP contribution >= 0.6 is 0 Å². The first-order valence-corrected chi connectivity index (χ1v) is 8.74. The van der Waals surface area contributed by atoms with Crippen molar-refractivity contribution >= 4 is 5.69 Å². The van der Waals surface area contributed by atoms with Crippen LogP contribution in [0.25, 0.3) is 0 Å². The maximum atomic E-state index is 13.1. The summed E-state index contributed by atoms with van der Waals surface area (Å²) >= 11 is 0. The Balaban J connectivity index is 1.79. The highest BCUT2D eigenvalue weighted by molar-refractivity contribution is 5.52. The van der Waals surface area contributed by atoms with Crippen LogP contribution in [0.5, 0.6) is 11.5 Å². The summed E-state index contributed by atoms with van der Waals surface area (Å²) in [6.45, 7) is -0.271. The number of alkyl halides is 6. The average molecular weight is 414 g/mol. The van der Waals surface area contributed by atoms with Crippen molar-refractivity contribution < 1.29 is 31.1 Å². The zero-order valence-corrected chi connectivity index (χ0v) is 15.0. The van der Waals surface area contributed by atoms with Gasteiger partial charge in [-0.1, -0.05) is 12.1 Å². The molecule has 1 heterocycles. The van der Waals surface area contributed by atoms with Gasteiger partial charge in [-0.2, -0.15) is 31.6 Å². The van der Waals surface area contributed by atoms with Crippen molar-refractivity contribution in [2.45, 2.75) is 31.2 Å². The van der Waals surface area contributed by atoms with Crippen LogP contribution in [0.15, 0.2) is 48.5 Å². The first-order valence-electron chi connectivity index (χ1n) is 8.74. The van der Waals surface area contributed by atoms with Gasteiger partial charge < -0.3 is 9.64 Å². The second kappa shape index (κ2) is 7.85. The van der Waals surface area contributed by atoms with E-state index in [9.17, 15) is 26.3 Å². The van der Waals surface area contributed by atoms with E-state index in [1.165, 1.54) is 47.4 Å². The van der Waals surface area contributed by atoms with E-state index >= 15 is 0 Å². The number of benzene rings is 2. The normalized spacial score (nSPS) is 19.8. The molecule has 1 saturated heterocycles. The molecule has 2 aromatic carbocycles. The molecular formula is C20H16F6N2O. The molecule has 2 atom stereocenters. The smallest absolute Gasteiger partial charge is 0.419 e. The third-order valence-corrected chi connectivity index (χ3v) is 4.79. The van der Waals surface area contributed by atoms with E-state index in [2.05, 4.69) is 0 Å². The molecular weight excluding hydrogens is 398 g/mol. The van der Waals surface area contributed by atoms with E-state index < -0.39 is 29.9 Å². The Kier molecular flexibility index (Phi) is 5.64. The first-order chi connectivity index (χ1) is 13.6. The molecule has 2 aromatic rings. The third kappa shape index (κ3) is 4.75. The number of hydrogen-bond acceptors (Lipinski definition) is 3. The number of hydrogen-bond donors (Lipinski definition) is 0. The minimum atomic E-state index is -4.58. The van der Waals surface area contributed by atoms with E-state index in [-0.39, 0.29) is 30.9 Å². The van der Waals surface area contributed by atoms with Crippen LogP contribution in [0.4, 0.5) is 32.0 Å². The maximum Gasteiger partial charge on any atom is 0.419 e. The number of nitriles is 1. The van der Waals surface area contributed by atoms with Crippen molar-refractivity contribution in [1.82, 2.24) is 0 Å². The fourth-order valence-electron chi connectivity index (χ4n) is 3.39. The Morgan fingerprint density at radius 1 is 1.00 bits per heavy atom. The van der Waals surface area contributed by atoms with Crippen LogP contribution in [-0.4, -0.2) is 18.8 Å². The third-order valence-electron chi connectivity index (χ3n) is 4.79. The fraction of sp³-hybridized carbons (Fsp3) is 0.350. The van der Waals surface area contributed by atoms with Gasteiger partial charge in [0.05, 0.1) is 24.0 Å². The molecule has 0 saturated carbocycles. The predicted octanol–water partition coefficient (Wildman–Crippen LogP) is 6.17. The number of para-hydroxylation sites is 1. The molecule has 1 aliphatic rings. The molecule has 29 heavy (non-hydrogen) atoms. The van der Waals surface area contributed by atoms with E-state index in [1.807, 2.05) is 6.07 Å². The molecule has 1 fully saturated rings. The highest BCUT2D eigenvalue weighted by Gasteiger charge is 2.47. The lowest BCUT2D eigenvalue weighted by Crippen LogP contribution is -2.30. The van der Waals surface area contributed by atoms with Crippen LogP contribution in [0.2, 0.25) is 0 Å². The van der Waals surface area contributed by atoms with Crippen LogP contribution in [0, 0.1) is 17.2 Å². The topological polar surface area (TPSA) is 36.3 Å². The zero-order chi connectivity index (χ0) is 21.2.